The molecule has 0 bridgehead atoms. The fourth-order valence-corrected chi connectivity index (χ4v) is 2.33. The molecular weight excluding hydrogens is 325 g/mol. The minimum absolute atomic E-state index is 0.0578. The number of carbonyl (C=O) groups is 1. The van der Waals surface area contributed by atoms with Gasteiger partial charge in [-0.2, -0.15) is 8.78 Å². The molecule has 0 fully saturated rings. The third-order valence-corrected chi connectivity index (χ3v) is 3.43. The van der Waals surface area contributed by atoms with Crippen molar-refractivity contribution in [2.75, 3.05) is 11.9 Å². The van der Waals surface area contributed by atoms with Crippen molar-refractivity contribution in [2.24, 2.45) is 17.6 Å². The van der Waals surface area contributed by atoms with Crippen LogP contribution in [0.15, 0.2) is 12.1 Å². The van der Waals surface area contributed by atoms with E-state index in [1.807, 2.05) is 13.8 Å². The molecule has 1 aromatic carbocycles. The number of rotatable bonds is 6. The number of alkyl halides is 2. The van der Waals surface area contributed by atoms with E-state index in [-0.39, 0.29) is 45.8 Å². The molecular formula is C13H16Cl2F2N2O2. The summed E-state index contributed by atoms with van der Waals surface area (Å²) >= 11 is 11.6. The molecule has 0 aromatic heterocycles. The van der Waals surface area contributed by atoms with Crippen LogP contribution in [0.25, 0.3) is 0 Å². The molecule has 1 aromatic rings. The molecule has 0 saturated heterocycles. The zero-order chi connectivity index (χ0) is 16.2. The van der Waals surface area contributed by atoms with Gasteiger partial charge in [-0.1, -0.05) is 37.0 Å². The number of anilines is 1. The lowest BCUT2D eigenvalue weighted by Crippen LogP contribution is -2.33. The number of ether oxygens (including phenoxy) is 1. The van der Waals surface area contributed by atoms with Crippen LogP contribution in [0, 0.1) is 11.8 Å². The van der Waals surface area contributed by atoms with Gasteiger partial charge in [0.25, 0.3) is 0 Å². The Kier molecular flexibility index (Phi) is 6.64. The quantitative estimate of drug-likeness (QED) is 0.828. The molecule has 0 heterocycles. The molecule has 118 valence electrons. The van der Waals surface area contributed by atoms with E-state index < -0.39 is 6.61 Å². The molecule has 0 aliphatic rings. The predicted molar refractivity (Wildman–Crippen MR) is 79.1 cm³/mol. The molecule has 21 heavy (non-hydrogen) atoms. The van der Waals surface area contributed by atoms with E-state index in [1.165, 1.54) is 12.1 Å². The van der Waals surface area contributed by atoms with Crippen LogP contribution in [0.1, 0.15) is 13.8 Å². The van der Waals surface area contributed by atoms with E-state index in [9.17, 15) is 13.6 Å². The number of nitrogens with two attached hydrogens (primary N) is 1. The zero-order valence-electron chi connectivity index (χ0n) is 11.5. The molecule has 8 heteroatoms. The lowest BCUT2D eigenvalue weighted by atomic mass is 9.95. The van der Waals surface area contributed by atoms with Crippen molar-refractivity contribution in [3.05, 3.63) is 22.2 Å². The molecule has 1 atom stereocenters. The molecule has 0 saturated carbocycles. The van der Waals surface area contributed by atoms with Gasteiger partial charge in [0, 0.05) is 12.2 Å². The Morgan fingerprint density at radius 1 is 1.33 bits per heavy atom. The van der Waals surface area contributed by atoms with Crippen molar-refractivity contribution in [2.45, 2.75) is 20.5 Å². The summed E-state index contributed by atoms with van der Waals surface area (Å²) in [6.45, 7) is 0.896. The normalized spacial score (nSPS) is 12.6. The highest BCUT2D eigenvalue weighted by Crippen LogP contribution is 2.37. The third kappa shape index (κ3) is 4.98. The van der Waals surface area contributed by atoms with E-state index in [4.69, 9.17) is 28.9 Å². The van der Waals surface area contributed by atoms with Crippen LogP contribution in [0.2, 0.25) is 10.0 Å². The molecule has 3 N–H and O–H groups in total. The molecule has 4 nitrogen and oxygen atoms in total. The fourth-order valence-electron chi connectivity index (χ4n) is 1.75. The average Bonchev–Trinajstić information content (AvgIpc) is 2.33. The number of nitrogens with one attached hydrogen (secondary N) is 1. The number of hydrogen-bond donors (Lipinski definition) is 2. The average molecular weight is 341 g/mol. The summed E-state index contributed by atoms with van der Waals surface area (Å²) in [6, 6.07) is 2.58. The van der Waals surface area contributed by atoms with Gasteiger partial charge in [-0.25, -0.2) is 0 Å². The summed E-state index contributed by atoms with van der Waals surface area (Å²) in [5.41, 5.74) is 5.84. The van der Waals surface area contributed by atoms with Gasteiger partial charge in [0.05, 0.1) is 16.0 Å². The van der Waals surface area contributed by atoms with E-state index in [2.05, 4.69) is 10.1 Å². The van der Waals surface area contributed by atoms with E-state index in [0.717, 1.165) is 0 Å². The Morgan fingerprint density at radius 2 is 1.86 bits per heavy atom. The van der Waals surface area contributed by atoms with Gasteiger partial charge in [0.15, 0.2) is 5.75 Å². The molecule has 0 spiro atoms. The maximum Gasteiger partial charge on any atom is 0.387 e. The molecule has 1 rings (SSSR count). The smallest absolute Gasteiger partial charge is 0.387 e. The topological polar surface area (TPSA) is 64.4 Å². The van der Waals surface area contributed by atoms with Crippen LogP contribution in [0.4, 0.5) is 14.5 Å². The van der Waals surface area contributed by atoms with Gasteiger partial charge in [0.2, 0.25) is 5.91 Å². The number of hydrogen-bond acceptors (Lipinski definition) is 3. The first-order valence-corrected chi connectivity index (χ1v) is 6.96. The Bertz CT molecular complexity index is 490. The second-order valence-electron chi connectivity index (χ2n) is 4.72. The van der Waals surface area contributed by atoms with Crippen molar-refractivity contribution >= 4 is 34.8 Å². The van der Waals surface area contributed by atoms with E-state index >= 15 is 0 Å². The van der Waals surface area contributed by atoms with Crippen molar-refractivity contribution in [3.8, 4) is 5.75 Å². The summed E-state index contributed by atoms with van der Waals surface area (Å²) < 4.78 is 28.6. The first-order valence-electron chi connectivity index (χ1n) is 6.21. The van der Waals surface area contributed by atoms with Crippen LogP contribution in [-0.4, -0.2) is 19.1 Å². The highest BCUT2D eigenvalue weighted by Gasteiger charge is 2.21. The maximum atomic E-state index is 12.2. The predicted octanol–water partition coefficient (Wildman–Crippen LogP) is 3.76. The Labute approximate surface area is 131 Å². The van der Waals surface area contributed by atoms with Gasteiger partial charge in [0.1, 0.15) is 0 Å². The van der Waals surface area contributed by atoms with Crippen LogP contribution in [-0.2, 0) is 4.79 Å². The van der Waals surface area contributed by atoms with Crippen molar-refractivity contribution < 1.29 is 18.3 Å². The van der Waals surface area contributed by atoms with Crippen LogP contribution >= 0.6 is 23.2 Å². The summed E-state index contributed by atoms with van der Waals surface area (Å²) in [5, 5.41) is 2.37. The lowest BCUT2D eigenvalue weighted by Gasteiger charge is -2.19. The van der Waals surface area contributed by atoms with Gasteiger partial charge in [-0.15, -0.1) is 0 Å². The highest BCUT2D eigenvalue weighted by molar-refractivity contribution is 6.37. The molecule has 0 aliphatic carbocycles. The minimum atomic E-state index is -3.04. The molecule has 0 radical (unpaired) electrons. The molecule has 0 aliphatic heterocycles. The van der Waals surface area contributed by atoms with Gasteiger partial charge < -0.3 is 15.8 Å². The summed E-state index contributed by atoms with van der Waals surface area (Å²) in [5.74, 6) is -0.936. The second kappa shape index (κ2) is 7.77. The van der Waals surface area contributed by atoms with Crippen LogP contribution in [0.3, 0.4) is 0 Å². The second-order valence-corrected chi connectivity index (χ2v) is 5.54. The Hall–Kier alpha value is -1.11. The van der Waals surface area contributed by atoms with Gasteiger partial charge in [-0.3, -0.25) is 4.79 Å². The zero-order valence-corrected chi connectivity index (χ0v) is 13.0. The van der Waals surface area contributed by atoms with Crippen LogP contribution < -0.4 is 15.8 Å². The van der Waals surface area contributed by atoms with Crippen molar-refractivity contribution in [3.63, 3.8) is 0 Å². The number of carbonyl (C=O) groups excluding carboxylic acids is 1. The monoisotopic (exact) mass is 340 g/mol. The standard InChI is InChI=1S/C13H16Cl2F2N2O2/c1-6(2)8(5-18)12(20)19-7-3-9(14)11(10(15)4-7)21-13(16)17/h3-4,6,8,13H,5,18H2,1-2H3,(H,19,20). The van der Waals surface area contributed by atoms with E-state index in [0.29, 0.717) is 0 Å². The number of amides is 1. The first-order chi connectivity index (χ1) is 9.76. The summed E-state index contributed by atoms with van der Waals surface area (Å²) in [4.78, 5) is 12.0. The van der Waals surface area contributed by atoms with Gasteiger partial charge in [-0.05, 0) is 18.1 Å². The fraction of sp³-hybridized carbons (Fsp3) is 0.462. The minimum Gasteiger partial charge on any atom is -0.432 e. The third-order valence-electron chi connectivity index (χ3n) is 2.87. The Balaban J connectivity index is 2.93. The first kappa shape index (κ1) is 17.9. The Morgan fingerprint density at radius 3 is 2.24 bits per heavy atom. The highest BCUT2D eigenvalue weighted by atomic mass is 35.5. The largest absolute Gasteiger partial charge is 0.432 e. The number of halogens is 4. The van der Waals surface area contributed by atoms with Crippen molar-refractivity contribution in [1.82, 2.24) is 0 Å². The lowest BCUT2D eigenvalue weighted by molar-refractivity contribution is -0.120. The molecule has 1 unspecified atom stereocenters. The van der Waals surface area contributed by atoms with Gasteiger partial charge >= 0.3 is 6.61 Å². The van der Waals surface area contributed by atoms with Crippen LogP contribution in [0.5, 0.6) is 5.75 Å². The summed E-state index contributed by atoms with van der Waals surface area (Å²) in [6.07, 6.45) is 0. The van der Waals surface area contributed by atoms with Crippen molar-refractivity contribution in [1.29, 1.82) is 0 Å². The SMILES string of the molecule is CC(C)C(CN)C(=O)Nc1cc(Cl)c(OC(F)F)c(Cl)c1. The van der Waals surface area contributed by atoms with E-state index in [1.54, 1.807) is 0 Å². The number of benzene rings is 1. The summed E-state index contributed by atoms with van der Waals surface area (Å²) in [7, 11) is 0. The maximum absolute atomic E-state index is 12.2. The molecule has 1 amide bonds.